The first-order chi connectivity index (χ1) is 11.6. The van der Waals surface area contributed by atoms with E-state index in [-0.39, 0.29) is 24.1 Å². The molecule has 6 heteroatoms. The van der Waals surface area contributed by atoms with Gasteiger partial charge >= 0.3 is 6.09 Å². The molecule has 138 valence electrons. The lowest BCUT2D eigenvalue weighted by molar-refractivity contribution is -0.119. The average molecular weight is 348 g/mol. The van der Waals surface area contributed by atoms with Crippen LogP contribution in [0, 0.1) is 0 Å². The standard InChI is InChI=1S/C19H28N2O4/c1-13(20-14(2)22)10-15-6-8-16(9-7-15)24-17-11-21(12-17)18(23)25-19(3,4)5/h6-9,13,17H,10-12H2,1-5H3,(H,20,22)/t13-/m0/s1. The van der Waals surface area contributed by atoms with E-state index in [1.807, 2.05) is 52.0 Å². The van der Waals surface area contributed by atoms with Crippen molar-refractivity contribution in [3.8, 4) is 5.75 Å². The van der Waals surface area contributed by atoms with E-state index in [2.05, 4.69) is 5.32 Å². The lowest BCUT2D eigenvalue weighted by Crippen LogP contribution is -2.57. The third-order valence-electron chi connectivity index (χ3n) is 3.72. The minimum Gasteiger partial charge on any atom is -0.487 e. The van der Waals surface area contributed by atoms with E-state index in [1.54, 1.807) is 4.90 Å². The molecule has 1 fully saturated rings. The normalized spacial score (nSPS) is 16.0. The zero-order valence-corrected chi connectivity index (χ0v) is 15.7. The van der Waals surface area contributed by atoms with Crippen LogP contribution in [0.2, 0.25) is 0 Å². The van der Waals surface area contributed by atoms with Gasteiger partial charge in [-0.25, -0.2) is 4.79 Å². The Balaban J connectivity index is 1.76. The maximum absolute atomic E-state index is 11.9. The Morgan fingerprint density at radius 2 is 1.84 bits per heavy atom. The fourth-order valence-corrected chi connectivity index (χ4v) is 2.64. The molecule has 1 saturated heterocycles. The molecule has 0 unspecified atom stereocenters. The van der Waals surface area contributed by atoms with Gasteiger partial charge in [-0.15, -0.1) is 0 Å². The molecule has 0 aliphatic carbocycles. The number of carbonyl (C=O) groups excluding carboxylic acids is 2. The molecule has 1 aliphatic heterocycles. The number of amides is 2. The molecule has 0 saturated carbocycles. The van der Waals surface area contributed by atoms with Crippen molar-refractivity contribution in [3.63, 3.8) is 0 Å². The van der Waals surface area contributed by atoms with Crippen molar-refractivity contribution in [3.05, 3.63) is 29.8 Å². The van der Waals surface area contributed by atoms with Crippen LogP contribution >= 0.6 is 0 Å². The number of rotatable bonds is 5. The van der Waals surface area contributed by atoms with Crippen LogP contribution in [0.3, 0.4) is 0 Å². The van der Waals surface area contributed by atoms with Gasteiger partial charge in [-0.3, -0.25) is 4.79 Å². The monoisotopic (exact) mass is 348 g/mol. The molecule has 1 aromatic carbocycles. The van der Waals surface area contributed by atoms with Gasteiger partial charge in [0.05, 0.1) is 13.1 Å². The Kier molecular flexibility index (Phi) is 5.93. The number of likely N-dealkylation sites (tertiary alicyclic amines) is 1. The SMILES string of the molecule is CC(=O)N[C@@H](C)Cc1ccc(OC2CN(C(=O)OC(C)(C)C)C2)cc1. The summed E-state index contributed by atoms with van der Waals surface area (Å²) in [6.45, 7) is 10.1. The highest BCUT2D eigenvalue weighted by Gasteiger charge is 2.35. The van der Waals surface area contributed by atoms with Gasteiger partial charge in [-0.05, 0) is 51.8 Å². The van der Waals surface area contributed by atoms with Crippen LogP contribution in [-0.4, -0.2) is 47.7 Å². The first-order valence-electron chi connectivity index (χ1n) is 8.63. The number of nitrogens with one attached hydrogen (secondary N) is 1. The van der Waals surface area contributed by atoms with Gasteiger partial charge in [0.25, 0.3) is 0 Å². The summed E-state index contributed by atoms with van der Waals surface area (Å²) in [5, 5.41) is 2.87. The Morgan fingerprint density at radius 1 is 1.24 bits per heavy atom. The maximum Gasteiger partial charge on any atom is 0.410 e. The van der Waals surface area contributed by atoms with Gasteiger partial charge in [0.15, 0.2) is 0 Å². The summed E-state index contributed by atoms with van der Waals surface area (Å²) < 4.78 is 11.2. The third-order valence-corrected chi connectivity index (χ3v) is 3.72. The Labute approximate surface area is 149 Å². The van der Waals surface area contributed by atoms with Crippen molar-refractivity contribution in [2.75, 3.05) is 13.1 Å². The second kappa shape index (κ2) is 7.76. The fraction of sp³-hybridized carbons (Fsp3) is 0.579. The van der Waals surface area contributed by atoms with E-state index < -0.39 is 5.60 Å². The van der Waals surface area contributed by atoms with Crippen LogP contribution in [-0.2, 0) is 16.0 Å². The minimum absolute atomic E-state index is 0.00308. The fourth-order valence-electron chi connectivity index (χ4n) is 2.64. The molecule has 2 rings (SSSR count). The molecule has 0 spiro atoms. The molecular formula is C19H28N2O4. The first-order valence-corrected chi connectivity index (χ1v) is 8.63. The van der Waals surface area contributed by atoms with Crippen molar-refractivity contribution >= 4 is 12.0 Å². The van der Waals surface area contributed by atoms with E-state index >= 15 is 0 Å². The van der Waals surface area contributed by atoms with E-state index in [0.29, 0.717) is 13.1 Å². The van der Waals surface area contributed by atoms with E-state index in [1.165, 1.54) is 6.92 Å². The molecular weight excluding hydrogens is 320 g/mol. The van der Waals surface area contributed by atoms with Gasteiger partial charge in [-0.2, -0.15) is 0 Å². The zero-order valence-electron chi connectivity index (χ0n) is 15.7. The van der Waals surface area contributed by atoms with Crippen LogP contribution in [0.1, 0.15) is 40.2 Å². The summed E-state index contributed by atoms with van der Waals surface area (Å²) in [6, 6.07) is 7.94. The smallest absolute Gasteiger partial charge is 0.410 e. The van der Waals surface area contributed by atoms with Crippen LogP contribution in [0.4, 0.5) is 4.79 Å². The number of hydrogen-bond donors (Lipinski definition) is 1. The second-order valence-corrected chi connectivity index (χ2v) is 7.57. The summed E-state index contributed by atoms with van der Waals surface area (Å²) >= 11 is 0. The Hall–Kier alpha value is -2.24. The minimum atomic E-state index is -0.479. The van der Waals surface area contributed by atoms with Gasteiger partial charge in [-0.1, -0.05) is 12.1 Å². The summed E-state index contributed by atoms with van der Waals surface area (Å²) in [5.74, 6) is 0.761. The summed E-state index contributed by atoms with van der Waals surface area (Å²) in [7, 11) is 0. The number of hydrogen-bond acceptors (Lipinski definition) is 4. The summed E-state index contributed by atoms with van der Waals surface area (Å²) in [5.41, 5.74) is 0.658. The average Bonchev–Trinajstić information content (AvgIpc) is 2.41. The highest BCUT2D eigenvalue weighted by Crippen LogP contribution is 2.21. The molecule has 1 atom stereocenters. The van der Waals surface area contributed by atoms with Crippen LogP contribution in [0.15, 0.2) is 24.3 Å². The number of benzene rings is 1. The van der Waals surface area contributed by atoms with Gasteiger partial charge in [0.1, 0.15) is 17.5 Å². The predicted molar refractivity (Wildman–Crippen MR) is 95.6 cm³/mol. The lowest BCUT2D eigenvalue weighted by Gasteiger charge is -2.39. The first kappa shape index (κ1) is 19.1. The van der Waals surface area contributed by atoms with Crippen molar-refractivity contribution < 1.29 is 19.1 Å². The van der Waals surface area contributed by atoms with Crippen molar-refractivity contribution in [1.82, 2.24) is 10.2 Å². The highest BCUT2D eigenvalue weighted by molar-refractivity contribution is 5.73. The van der Waals surface area contributed by atoms with Crippen molar-refractivity contribution in [2.24, 2.45) is 0 Å². The van der Waals surface area contributed by atoms with Gasteiger partial charge < -0.3 is 19.7 Å². The molecule has 0 bridgehead atoms. The number of ether oxygens (including phenoxy) is 2. The lowest BCUT2D eigenvalue weighted by atomic mass is 10.1. The second-order valence-electron chi connectivity index (χ2n) is 7.57. The topological polar surface area (TPSA) is 67.9 Å². The van der Waals surface area contributed by atoms with Gasteiger partial charge in [0, 0.05) is 13.0 Å². The molecule has 1 heterocycles. The van der Waals surface area contributed by atoms with Crippen LogP contribution in [0.5, 0.6) is 5.75 Å². The predicted octanol–water partition coefficient (Wildman–Crippen LogP) is 2.75. The number of carbonyl (C=O) groups is 2. The van der Waals surface area contributed by atoms with E-state index in [0.717, 1.165) is 17.7 Å². The molecule has 2 amide bonds. The maximum atomic E-state index is 11.9. The molecule has 1 N–H and O–H groups in total. The Bertz CT molecular complexity index is 601. The Morgan fingerprint density at radius 3 is 2.36 bits per heavy atom. The molecule has 25 heavy (non-hydrogen) atoms. The molecule has 0 aromatic heterocycles. The summed E-state index contributed by atoms with van der Waals surface area (Å²) in [4.78, 5) is 24.6. The molecule has 6 nitrogen and oxygen atoms in total. The van der Waals surface area contributed by atoms with Gasteiger partial charge in [0.2, 0.25) is 5.91 Å². The van der Waals surface area contributed by atoms with Crippen LogP contribution < -0.4 is 10.1 Å². The largest absolute Gasteiger partial charge is 0.487 e. The quantitative estimate of drug-likeness (QED) is 0.888. The van der Waals surface area contributed by atoms with Crippen molar-refractivity contribution in [2.45, 2.75) is 58.8 Å². The van der Waals surface area contributed by atoms with Crippen LogP contribution in [0.25, 0.3) is 0 Å². The zero-order chi connectivity index (χ0) is 18.6. The number of nitrogens with zero attached hydrogens (tertiary/aromatic N) is 1. The molecule has 0 radical (unpaired) electrons. The van der Waals surface area contributed by atoms with Crippen molar-refractivity contribution in [1.29, 1.82) is 0 Å². The molecule has 1 aromatic rings. The highest BCUT2D eigenvalue weighted by atomic mass is 16.6. The third kappa shape index (κ3) is 6.29. The van der Waals surface area contributed by atoms with E-state index in [9.17, 15) is 9.59 Å². The van der Waals surface area contributed by atoms with E-state index in [4.69, 9.17) is 9.47 Å². The molecule has 1 aliphatic rings. The summed E-state index contributed by atoms with van der Waals surface area (Å²) in [6.07, 6.45) is 0.474.